The van der Waals surface area contributed by atoms with Gasteiger partial charge in [0.2, 0.25) is 0 Å². The van der Waals surface area contributed by atoms with Crippen LogP contribution < -0.4 is 16.0 Å². The second-order valence-corrected chi connectivity index (χ2v) is 8.53. The highest BCUT2D eigenvalue weighted by Gasteiger charge is 2.50. The third-order valence-corrected chi connectivity index (χ3v) is 6.16. The van der Waals surface area contributed by atoms with Gasteiger partial charge in [0.05, 0.1) is 24.9 Å². The number of rotatable bonds is 5. The lowest BCUT2D eigenvalue weighted by Crippen LogP contribution is -2.46. The Morgan fingerprint density at radius 1 is 0.857 bits per heavy atom. The van der Waals surface area contributed by atoms with Crippen molar-refractivity contribution < 1.29 is 28.6 Å². The second kappa shape index (κ2) is 9.73. The van der Waals surface area contributed by atoms with Gasteiger partial charge in [-0.2, -0.15) is 0 Å². The van der Waals surface area contributed by atoms with Crippen LogP contribution in [0.1, 0.15) is 17.3 Å². The minimum absolute atomic E-state index is 0.0453. The SMILES string of the molecule is CC(=O)c1ccc(NC(=O)N[C@@H]2CO[C@@H]3[C@@H]2OC[C@H]3OC(=O)Nc2cccc3ccccc23)cc1. The molecule has 3 N–H and O–H groups in total. The molecule has 35 heavy (non-hydrogen) atoms. The number of urea groups is 1. The predicted molar refractivity (Wildman–Crippen MR) is 130 cm³/mol. The Morgan fingerprint density at radius 2 is 1.60 bits per heavy atom. The molecule has 0 aliphatic carbocycles. The second-order valence-electron chi connectivity index (χ2n) is 8.53. The normalized spacial score (nSPS) is 22.9. The van der Waals surface area contributed by atoms with Gasteiger partial charge in [-0.25, -0.2) is 9.59 Å². The lowest BCUT2D eigenvalue weighted by molar-refractivity contribution is 0.00874. The number of anilines is 2. The summed E-state index contributed by atoms with van der Waals surface area (Å²) in [6.07, 6.45) is -2.10. The Morgan fingerprint density at radius 3 is 2.40 bits per heavy atom. The van der Waals surface area contributed by atoms with E-state index in [2.05, 4.69) is 16.0 Å². The molecule has 3 amide bonds. The molecule has 9 nitrogen and oxygen atoms in total. The number of Topliss-reactive ketones (excluding diaryl/α,β-unsaturated/α-hetero) is 1. The minimum Gasteiger partial charge on any atom is -0.441 e. The third kappa shape index (κ3) is 4.96. The summed E-state index contributed by atoms with van der Waals surface area (Å²) < 4.78 is 17.2. The fourth-order valence-electron chi connectivity index (χ4n) is 4.42. The van der Waals surface area contributed by atoms with Gasteiger partial charge in [-0.3, -0.25) is 10.1 Å². The Bertz CT molecular complexity index is 1260. The highest BCUT2D eigenvalue weighted by Crippen LogP contribution is 2.30. The molecule has 0 bridgehead atoms. The van der Waals surface area contributed by atoms with Crippen molar-refractivity contribution in [2.24, 2.45) is 0 Å². The zero-order chi connectivity index (χ0) is 24.4. The molecule has 180 valence electrons. The summed E-state index contributed by atoms with van der Waals surface area (Å²) in [5.41, 5.74) is 1.78. The van der Waals surface area contributed by atoms with Gasteiger partial charge >= 0.3 is 12.1 Å². The Kier molecular flexibility index (Phi) is 6.35. The molecule has 2 heterocycles. The first-order chi connectivity index (χ1) is 17.0. The number of benzene rings is 3. The van der Waals surface area contributed by atoms with Crippen LogP contribution in [-0.4, -0.2) is 55.5 Å². The molecule has 5 rings (SSSR count). The molecule has 2 fully saturated rings. The van der Waals surface area contributed by atoms with E-state index in [-0.39, 0.29) is 19.0 Å². The van der Waals surface area contributed by atoms with E-state index in [0.717, 1.165) is 10.8 Å². The Labute approximate surface area is 201 Å². The lowest BCUT2D eigenvalue weighted by Gasteiger charge is -2.18. The van der Waals surface area contributed by atoms with Crippen molar-refractivity contribution in [3.63, 3.8) is 0 Å². The summed E-state index contributed by atoms with van der Waals surface area (Å²) in [7, 11) is 0. The van der Waals surface area contributed by atoms with Crippen LogP contribution in [0, 0.1) is 0 Å². The van der Waals surface area contributed by atoms with E-state index in [4.69, 9.17) is 14.2 Å². The smallest absolute Gasteiger partial charge is 0.412 e. The van der Waals surface area contributed by atoms with E-state index in [1.54, 1.807) is 24.3 Å². The molecule has 4 atom stereocenters. The largest absolute Gasteiger partial charge is 0.441 e. The van der Waals surface area contributed by atoms with Crippen LogP contribution in [0.3, 0.4) is 0 Å². The van der Waals surface area contributed by atoms with Gasteiger partial charge in [-0.1, -0.05) is 36.4 Å². The summed E-state index contributed by atoms with van der Waals surface area (Å²) >= 11 is 0. The maximum atomic E-state index is 12.6. The standard InChI is InChI=1S/C26H25N3O6/c1-15(30)16-9-11-18(12-10-16)27-25(31)28-21-13-33-24-22(14-34-23(21)24)35-26(32)29-20-8-4-6-17-5-2-3-7-19(17)20/h2-12,21-24H,13-14H2,1H3,(H,29,32)(H2,27,28,31)/t21-,22-,23-,24+/m1/s1. The van der Waals surface area contributed by atoms with Gasteiger partial charge in [-0.15, -0.1) is 0 Å². The van der Waals surface area contributed by atoms with Crippen LogP contribution in [-0.2, 0) is 14.2 Å². The number of fused-ring (bicyclic) bond motifs is 2. The fraction of sp³-hybridized carbons (Fsp3) is 0.269. The molecule has 0 unspecified atom stereocenters. The summed E-state index contributed by atoms with van der Waals surface area (Å²) in [6, 6.07) is 19.2. The molecular formula is C26H25N3O6. The lowest BCUT2D eigenvalue weighted by atomic mass is 10.1. The number of amides is 3. The van der Waals surface area contributed by atoms with E-state index >= 15 is 0 Å². The average molecular weight is 476 g/mol. The van der Waals surface area contributed by atoms with Gasteiger partial charge in [-0.05, 0) is 42.6 Å². The first-order valence-corrected chi connectivity index (χ1v) is 11.3. The van der Waals surface area contributed by atoms with Crippen molar-refractivity contribution in [1.82, 2.24) is 5.32 Å². The fourth-order valence-corrected chi connectivity index (χ4v) is 4.42. The molecule has 2 aliphatic rings. The summed E-state index contributed by atoms with van der Waals surface area (Å²) in [4.78, 5) is 36.4. The number of ether oxygens (including phenoxy) is 3. The molecular weight excluding hydrogens is 450 g/mol. The topological polar surface area (TPSA) is 115 Å². The van der Waals surface area contributed by atoms with E-state index in [0.29, 0.717) is 16.9 Å². The van der Waals surface area contributed by atoms with Crippen LogP contribution in [0.15, 0.2) is 66.7 Å². The zero-order valence-corrected chi connectivity index (χ0v) is 19.0. The van der Waals surface area contributed by atoms with Crippen molar-refractivity contribution in [2.45, 2.75) is 31.3 Å². The first kappa shape index (κ1) is 22.8. The molecule has 0 saturated carbocycles. The molecule has 3 aromatic rings. The Balaban J connectivity index is 1.15. The van der Waals surface area contributed by atoms with Crippen LogP contribution in [0.25, 0.3) is 10.8 Å². The summed E-state index contributed by atoms with van der Waals surface area (Å²) in [5, 5.41) is 10.3. The average Bonchev–Trinajstić information content (AvgIpc) is 3.43. The van der Waals surface area contributed by atoms with Crippen molar-refractivity contribution >= 4 is 40.1 Å². The van der Waals surface area contributed by atoms with Gasteiger partial charge in [0.15, 0.2) is 11.9 Å². The van der Waals surface area contributed by atoms with Gasteiger partial charge in [0.1, 0.15) is 12.2 Å². The molecule has 0 radical (unpaired) electrons. The van der Waals surface area contributed by atoms with Crippen LogP contribution in [0.2, 0.25) is 0 Å². The number of carbonyl (C=O) groups is 3. The summed E-state index contributed by atoms with van der Waals surface area (Å²) in [6.45, 7) is 1.89. The zero-order valence-electron chi connectivity index (χ0n) is 19.0. The van der Waals surface area contributed by atoms with E-state index < -0.39 is 36.5 Å². The van der Waals surface area contributed by atoms with Gasteiger partial charge in [0.25, 0.3) is 0 Å². The number of hydrogen-bond donors (Lipinski definition) is 3. The number of carbonyl (C=O) groups excluding carboxylic acids is 3. The first-order valence-electron chi connectivity index (χ1n) is 11.3. The maximum Gasteiger partial charge on any atom is 0.412 e. The monoisotopic (exact) mass is 475 g/mol. The summed E-state index contributed by atoms with van der Waals surface area (Å²) in [5.74, 6) is -0.0453. The predicted octanol–water partition coefficient (Wildman–Crippen LogP) is 3.95. The van der Waals surface area contributed by atoms with E-state index in [1.807, 2.05) is 42.5 Å². The van der Waals surface area contributed by atoms with Crippen molar-refractivity contribution in [3.05, 3.63) is 72.3 Å². The number of hydrogen-bond acceptors (Lipinski definition) is 6. The maximum absolute atomic E-state index is 12.6. The van der Waals surface area contributed by atoms with Crippen LogP contribution >= 0.6 is 0 Å². The molecule has 0 spiro atoms. The highest BCUT2D eigenvalue weighted by atomic mass is 16.6. The highest BCUT2D eigenvalue weighted by molar-refractivity contribution is 6.00. The van der Waals surface area contributed by atoms with Crippen molar-refractivity contribution in [1.29, 1.82) is 0 Å². The quantitative estimate of drug-likeness (QED) is 0.482. The van der Waals surface area contributed by atoms with Crippen molar-refractivity contribution in [3.8, 4) is 0 Å². The van der Waals surface area contributed by atoms with Crippen molar-refractivity contribution in [2.75, 3.05) is 23.8 Å². The van der Waals surface area contributed by atoms with Gasteiger partial charge < -0.3 is 24.8 Å². The number of nitrogens with one attached hydrogen (secondary N) is 3. The molecule has 2 aliphatic heterocycles. The van der Waals surface area contributed by atoms with E-state index in [9.17, 15) is 14.4 Å². The third-order valence-electron chi connectivity index (χ3n) is 6.16. The van der Waals surface area contributed by atoms with Crippen LogP contribution in [0.4, 0.5) is 21.0 Å². The molecule has 2 saturated heterocycles. The van der Waals surface area contributed by atoms with Gasteiger partial charge in [0, 0.05) is 16.6 Å². The molecule has 0 aromatic heterocycles. The number of ketones is 1. The van der Waals surface area contributed by atoms with Crippen LogP contribution in [0.5, 0.6) is 0 Å². The Hall–Kier alpha value is -3.95. The van der Waals surface area contributed by atoms with E-state index in [1.165, 1.54) is 6.92 Å². The molecule has 9 heteroatoms. The minimum atomic E-state index is -0.595. The molecule has 3 aromatic carbocycles.